The minimum absolute atomic E-state index is 0.0186. The summed E-state index contributed by atoms with van der Waals surface area (Å²) in [6.07, 6.45) is 0. The number of nitrogens with one attached hydrogen (secondary N) is 1. The van der Waals surface area contributed by atoms with E-state index in [1.165, 1.54) is 0 Å². The van der Waals surface area contributed by atoms with E-state index >= 15 is 0 Å². The zero-order valence-electron chi connectivity index (χ0n) is 9.96. The third-order valence-corrected chi connectivity index (χ3v) is 3.02. The first kappa shape index (κ1) is 14.0. The van der Waals surface area contributed by atoms with Gasteiger partial charge in [0.2, 0.25) is 0 Å². The number of benzene rings is 1. The number of aryl methyl sites for hydroxylation is 1. The lowest BCUT2D eigenvalue weighted by atomic mass is 10.2. The van der Waals surface area contributed by atoms with Gasteiger partial charge in [0.15, 0.2) is 6.61 Å². The lowest BCUT2D eigenvalue weighted by molar-refractivity contribution is -0.123. The normalized spacial score (nSPS) is 10.1. The molecule has 0 aromatic heterocycles. The number of methoxy groups -OCH3 is 1. The van der Waals surface area contributed by atoms with E-state index in [0.29, 0.717) is 18.9 Å². The fraction of sp³-hybridized carbons (Fsp3) is 0.417. The Hall–Kier alpha value is -1.07. The summed E-state index contributed by atoms with van der Waals surface area (Å²) >= 11 is 3.40. The molecule has 0 unspecified atom stereocenters. The van der Waals surface area contributed by atoms with Crippen LogP contribution in [-0.4, -0.2) is 32.8 Å². The van der Waals surface area contributed by atoms with Crippen LogP contribution in [0.3, 0.4) is 0 Å². The second-order valence-corrected chi connectivity index (χ2v) is 4.40. The third kappa shape index (κ3) is 5.19. The topological polar surface area (TPSA) is 47.6 Å². The van der Waals surface area contributed by atoms with Crippen molar-refractivity contribution in [2.75, 3.05) is 26.9 Å². The molecule has 1 rings (SSSR count). The maximum Gasteiger partial charge on any atom is 0.258 e. The van der Waals surface area contributed by atoms with Gasteiger partial charge in [-0.25, -0.2) is 0 Å². The van der Waals surface area contributed by atoms with E-state index in [0.717, 1.165) is 10.0 Å². The van der Waals surface area contributed by atoms with Gasteiger partial charge in [0.05, 0.1) is 6.61 Å². The van der Waals surface area contributed by atoms with Crippen molar-refractivity contribution in [2.45, 2.75) is 6.92 Å². The predicted molar refractivity (Wildman–Crippen MR) is 69.3 cm³/mol. The van der Waals surface area contributed by atoms with Gasteiger partial charge in [-0.3, -0.25) is 4.79 Å². The van der Waals surface area contributed by atoms with Crippen molar-refractivity contribution in [3.63, 3.8) is 0 Å². The standard InChI is InChI=1S/C12H16BrNO3/c1-9-7-10(3-4-11(9)13)17-8-12(15)14-5-6-16-2/h3-4,7H,5-6,8H2,1-2H3,(H,14,15). The number of carbonyl (C=O) groups is 1. The summed E-state index contributed by atoms with van der Waals surface area (Å²) in [6, 6.07) is 5.60. The number of rotatable bonds is 6. The van der Waals surface area contributed by atoms with Crippen molar-refractivity contribution in [1.29, 1.82) is 0 Å². The number of amides is 1. The summed E-state index contributed by atoms with van der Waals surface area (Å²) in [5, 5.41) is 2.68. The summed E-state index contributed by atoms with van der Waals surface area (Å²) in [6.45, 7) is 2.99. The van der Waals surface area contributed by atoms with Crippen molar-refractivity contribution < 1.29 is 14.3 Å². The first-order valence-corrected chi connectivity index (χ1v) is 6.07. The van der Waals surface area contributed by atoms with Crippen LogP contribution in [-0.2, 0) is 9.53 Å². The van der Waals surface area contributed by atoms with Gasteiger partial charge in [0.25, 0.3) is 5.91 Å². The van der Waals surface area contributed by atoms with E-state index in [1.807, 2.05) is 25.1 Å². The molecule has 1 amide bonds. The molecule has 0 heterocycles. The number of hydrogen-bond donors (Lipinski definition) is 1. The monoisotopic (exact) mass is 301 g/mol. The molecule has 0 aliphatic rings. The van der Waals surface area contributed by atoms with E-state index in [2.05, 4.69) is 21.2 Å². The number of carbonyl (C=O) groups excluding carboxylic acids is 1. The first-order valence-electron chi connectivity index (χ1n) is 5.28. The number of halogens is 1. The largest absolute Gasteiger partial charge is 0.484 e. The van der Waals surface area contributed by atoms with Gasteiger partial charge >= 0.3 is 0 Å². The Bertz CT molecular complexity index is 382. The molecule has 0 spiro atoms. The van der Waals surface area contributed by atoms with E-state index in [1.54, 1.807) is 7.11 Å². The van der Waals surface area contributed by atoms with Crippen molar-refractivity contribution >= 4 is 21.8 Å². The molecular formula is C12H16BrNO3. The summed E-state index contributed by atoms with van der Waals surface area (Å²) < 4.78 is 11.2. The lowest BCUT2D eigenvalue weighted by Gasteiger charge is -2.08. The average molecular weight is 302 g/mol. The molecule has 1 aromatic rings. The Labute approximate surface area is 109 Å². The van der Waals surface area contributed by atoms with E-state index < -0.39 is 0 Å². The van der Waals surface area contributed by atoms with Crippen LogP contribution in [0.5, 0.6) is 5.75 Å². The Kier molecular flexibility index (Phi) is 6.00. The van der Waals surface area contributed by atoms with Crippen LogP contribution in [0.15, 0.2) is 22.7 Å². The van der Waals surface area contributed by atoms with Crippen LogP contribution in [0.1, 0.15) is 5.56 Å². The minimum atomic E-state index is -0.150. The van der Waals surface area contributed by atoms with E-state index in [-0.39, 0.29) is 12.5 Å². The highest BCUT2D eigenvalue weighted by Crippen LogP contribution is 2.21. The molecule has 94 valence electrons. The molecule has 1 N–H and O–H groups in total. The Morgan fingerprint density at radius 3 is 2.88 bits per heavy atom. The van der Waals surface area contributed by atoms with Crippen LogP contribution in [0, 0.1) is 6.92 Å². The SMILES string of the molecule is COCCNC(=O)COc1ccc(Br)c(C)c1. The van der Waals surface area contributed by atoms with Gasteiger partial charge < -0.3 is 14.8 Å². The Morgan fingerprint density at radius 2 is 2.24 bits per heavy atom. The molecule has 0 radical (unpaired) electrons. The maximum atomic E-state index is 11.3. The molecule has 0 aliphatic heterocycles. The summed E-state index contributed by atoms with van der Waals surface area (Å²) in [7, 11) is 1.59. The fourth-order valence-electron chi connectivity index (χ4n) is 1.20. The lowest BCUT2D eigenvalue weighted by Crippen LogP contribution is -2.31. The molecule has 0 bridgehead atoms. The Balaban J connectivity index is 2.34. The fourth-order valence-corrected chi connectivity index (χ4v) is 1.45. The zero-order chi connectivity index (χ0) is 12.7. The van der Waals surface area contributed by atoms with Crippen LogP contribution in [0.25, 0.3) is 0 Å². The van der Waals surface area contributed by atoms with Gasteiger partial charge in [0.1, 0.15) is 5.75 Å². The zero-order valence-corrected chi connectivity index (χ0v) is 11.5. The molecule has 17 heavy (non-hydrogen) atoms. The highest BCUT2D eigenvalue weighted by atomic mass is 79.9. The molecule has 0 fully saturated rings. The number of ether oxygens (including phenoxy) is 2. The molecule has 0 atom stereocenters. The van der Waals surface area contributed by atoms with Gasteiger partial charge in [-0.15, -0.1) is 0 Å². The van der Waals surface area contributed by atoms with Crippen LogP contribution in [0.4, 0.5) is 0 Å². The van der Waals surface area contributed by atoms with Gasteiger partial charge in [-0.1, -0.05) is 15.9 Å². The summed E-state index contributed by atoms with van der Waals surface area (Å²) in [5.74, 6) is 0.537. The van der Waals surface area contributed by atoms with Crippen LogP contribution in [0.2, 0.25) is 0 Å². The van der Waals surface area contributed by atoms with Crippen molar-refractivity contribution in [2.24, 2.45) is 0 Å². The highest BCUT2D eigenvalue weighted by molar-refractivity contribution is 9.10. The van der Waals surface area contributed by atoms with Crippen LogP contribution >= 0.6 is 15.9 Å². The average Bonchev–Trinajstić information content (AvgIpc) is 2.31. The quantitative estimate of drug-likeness (QED) is 0.817. The highest BCUT2D eigenvalue weighted by Gasteiger charge is 2.03. The van der Waals surface area contributed by atoms with Gasteiger partial charge in [0, 0.05) is 18.1 Å². The van der Waals surface area contributed by atoms with Crippen molar-refractivity contribution in [1.82, 2.24) is 5.32 Å². The molecule has 5 heteroatoms. The van der Waals surface area contributed by atoms with Crippen LogP contribution < -0.4 is 10.1 Å². The van der Waals surface area contributed by atoms with Crippen molar-refractivity contribution in [3.05, 3.63) is 28.2 Å². The minimum Gasteiger partial charge on any atom is -0.484 e. The molecule has 4 nitrogen and oxygen atoms in total. The number of hydrogen-bond acceptors (Lipinski definition) is 3. The van der Waals surface area contributed by atoms with Crippen molar-refractivity contribution in [3.8, 4) is 5.75 Å². The molecule has 0 saturated carbocycles. The third-order valence-electron chi connectivity index (χ3n) is 2.13. The predicted octanol–water partition coefficient (Wildman–Crippen LogP) is 1.90. The summed E-state index contributed by atoms with van der Waals surface area (Å²) in [5.41, 5.74) is 1.07. The smallest absolute Gasteiger partial charge is 0.258 e. The molecule has 1 aromatic carbocycles. The Morgan fingerprint density at radius 1 is 1.47 bits per heavy atom. The van der Waals surface area contributed by atoms with E-state index in [9.17, 15) is 4.79 Å². The molecule has 0 aliphatic carbocycles. The summed E-state index contributed by atoms with van der Waals surface area (Å²) in [4.78, 5) is 11.3. The first-order chi connectivity index (χ1) is 8.13. The molecular weight excluding hydrogens is 286 g/mol. The van der Waals surface area contributed by atoms with E-state index in [4.69, 9.17) is 9.47 Å². The van der Waals surface area contributed by atoms with Gasteiger partial charge in [-0.2, -0.15) is 0 Å². The maximum absolute atomic E-state index is 11.3. The molecule has 0 saturated heterocycles. The second-order valence-electron chi connectivity index (χ2n) is 3.54. The van der Waals surface area contributed by atoms with Gasteiger partial charge in [-0.05, 0) is 30.7 Å². The second kappa shape index (κ2) is 7.29.